The maximum Gasteiger partial charge on any atom is 0.414 e. The number of nitrogens with one attached hydrogen (secondary N) is 2. The van der Waals surface area contributed by atoms with Crippen molar-refractivity contribution in [3.8, 4) is 22.8 Å². The van der Waals surface area contributed by atoms with Gasteiger partial charge in [0.05, 0.1) is 13.1 Å². The van der Waals surface area contributed by atoms with E-state index < -0.39 is 0 Å². The molecule has 148 valence electrons. The van der Waals surface area contributed by atoms with Crippen LogP contribution in [0.3, 0.4) is 0 Å². The van der Waals surface area contributed by atoms with Crippen LogP contribution in [0.4, 0.5) is 10.5 Å². The fourth-order valence-corrected chi connectivity index (χ4v) is 3.05. The van der Waals surface area contributed by atoms with E-state index in [-0.39, 0.29) is 12.2 Å². The van der Waals surface area contributed by atoms with Crippen LogP contribution in [-0.2, 0) is 4.74 Å². The lowest BCUT2D eigenvalue weighted by Gasteiger charge is -2.13. The smallest absolute Gasteiger partial charge is 0.414 e. The fraction of sp³-hybridized carbons (Fsp3) is 0.200. The van der Waals surface area contributed by atoms with E-state index in [1.807, 2.05) is 54.6 Å². The molecule has 1 atom stereocenters. The fourth-order valence-electron chi connectivity index (χ4n) is 2.96. The standard InChI is InChI=1S/C20H19N5O3S/c1-21-19(29)22-11-16-12-25(20(26)27-16)15-9-7-14(8-10-15)18-23-17(24-28-18)13-5-3-2-4-6-13/h2-10,16H,11-12H2,1H3,(H2,21,22,29). The van der Waals surface area contributed by atoms with E-state index in [1.54, 1.807) is 11.9 Å². The quantitative estimate of drug-likeness (QED) is 0.622. The molecule has 1 aliphatic rings. The molecule has 29 heavy (non-hydrogen) atoms. The second-order valence-corrected chi connectivity index (χ2v) is 6.82. The molecule has 3 aromatic rings. The Morgan fingerprint density at radius 3 is 2.66 bits per heavy atom. The van der Waals surface area contributed by atoms with E-state index in [0.29, 0.717) is 29.9 Å². The molecular formula is C20H19N5O3S. The lowest BCUT2D eigenvalue weighted by atomic mass is 10.2. The predicted molar refractivity (Wildman–Crippen MR) is 112 cm³/mol. The first-order valence-electron chi connectivity index (χ1n) is 9.07. The predicted octanol–water partition coefficient (Wildman–Crippen LogP) is 2.82. The van der Waals surface area contributed by atoms with E-state index >= 15 is 0 Å². The first-order valence-corrected chi connectivity index (χ1v) is 9.48. The number of anilines is 1. The summed E-state index contributed by atoms with van der Waals surface area (Å²) in [5, 5.41) is 10.4. The zero-order valence-corrected chi connectivity index (χ0v) is 16.5. The minimum absolute atomic E-state index is 0.280. The number of amides is 1. The van der Waals surface area contributed by atoms with Crippen LogP contribution in [0.1, 0.15) is 0 Å². The van der Waals surface area contributed by atoms with Gasteiger partial charge in [0.25, 0.3) is 5.89 Å². The molecule has 2 N–H and O–H groups in total. The second-order valence-electron chi connectivity index (χ2n) is 6.41. The molecule has 0 spiro atoms. The van der Waals surface area contributed by atoms with Crippen LogP contribution < -0.4 is 15.5 Å². The molecule has 0 bridgehead atoms. The molecule has 2 aromatic carbocycles. The molecular weight excluding hydrogens is 390 g/mol. The SMILES string of the molecule is CNC(=S)NCC1CN(c2ccc(-c3nc(-c4ccccc4)no3)cc2)C(=O)O1. The van der Waals surface area contributed by atoms with Crippen LogP contribution in [0.25, 0.3) is 22.8 Å². The third-order valence-electron chi connectivity index (χ3n) is 4.48. The Balaban J connectivity index is 1.44. The molecule has 8 nitrogen and oxygen atoms in total. The lowest BCUT2D eigenvalue weighted by molar-refractivity contribution is 0.143. The number of hydrogen-bond acceptors (Lipinski definition) is 6. The lowest BCUT2D eigenvalue weighted by Crippen LogP contribution is -2.39. The summed E-state index contributed by atoms with van der Waals surface area (Å²) in [5.41, 5.74) is 2.39. The summed E-state index contributed by atoms with van der Waals surface area (Å²) in [7, 11) is 1.73. The van der Waals surface area contributed by atoms with Crippen LogP contribution >= 0.6 is 12.2 Å². The van der Waals surface area contributed by atoms with Gasteiger partial charge in [0, 0.05) is 23.9 Å². The molecule has 4 rings (SSSR count). The van der Waals surface area contributed by atoms with Gasteiger partial charge in [0.2, 0.25) is 5.82 Å². The maximum atomic E-state index is 12.2. The molecule has 1 unspecified atom stereocenters. The molecule has 1 fully saturated rings. The van der Waals surface area contributed by atoms with Gasteiger partial charge in [-0.15, -0.1) is 0 Å². The van der Waals surface area contributed by atoms with Gasteiger partial charge >= 0.3 is 6.09 Å². The third-order valence-corrected chi connectivity index (χ3v) is 4.82. The summed E-state index contributed by atoms with van der Waals surface area (Å²) in [6.07, 6.45) is -0.665. The average molecular weight is 409 g/mol. The van der Waals surface area contributed by atoms with Crippen LogP contribution in [0, 0.1) is 0 Å². The van der Waals surface area contributed by atoms with Gasteiger partial charge < -0.3 is 19.9 Å². The van der Waals surface area contributed by atoms with Crippen molar-refractivity contribution in [3.05, 3.63) is 54.6 Å². The number of nitrogens with zero attached hydrogens (tertiary/aromatic N) is 3. The van der Waals surface area contributed by atoms with Crippen LogP contribution in [0.2, 0.25) is 0 Å². The molecule has 9 heteroatoms. The van der Waals surface area contributed by atoms with Gasteiger partial charge in [-0.2, -0.15) is 4.98 Å². The number of thiocarbonyl (C=S) groups is 1. The Hall–Kier alpha value is -3.46. The Bertz CT molecular complexity index is 1010. The topological polar surface area (TPSA) is 92.5 Å². The summed E-state index contributed by atoms with van der Waals surface area (Å²) in [4.78, 5) is 18.2. The van der Waals surface area contributed by atoms with Crippen molar-refractivity contribution < 1.29 is 14.1 Å². The van der Waals surface area contributed by atoms with Crippen molar-refractivity contribution in [3.63, 3.8) is 0 Å². The molecule has 1 aromatic heterocycles. The van der Waals surface area contributed by atoms with Crippen molar-refractivity contribution in [2.45, 2.75) is 6.10 Å². The van der Waals surface area contributed by atoms with Crippen molar-refractivity contribution in [2.24, 2.45) is 0 Å². The summed E-state index contributed by atoms with van der Waals surface area (Å²) in [5.74, 6) is 0.949. The maximum absolute atomic E-state index is 12.2. The van der Waals surface area contributed by atoms with Gasteiger partial charge in [-0.3, -0.25) is 4.90 Å². The second kappa shape index (κ2) is 8.27. The summed E-state index contributed by atoms with van der Waals surface area (Å²) in [6.45, 7) is 0.889. The number of ether oxygens (including phenoxy) is 1. The summed E-state index contributed by atoms with van der Waals surface area (Å²) in [6, 6.07) is 17.0. The van der Waals surface area contributed by atoms with Crippen LogP contribution in [-0.4, -0.2) is 47.6 Å². The molecule has 0 saturated carbocycles. The highest BCUT2D eigenvalue weighted by Crippen LogP contribution is 2.26. The molecule has 0 radical (unpaired) electrons. The molecule has 0 aliphatic carbocycles. The largest absolute Gasteiger partial charge is 0.442 e. The van der Waals surface area contributed by atoms with Crippen molar-refractivity contribution in [1.82, 2.24) is 20.8 Å². The highest BCUT2D eigenvalue weighted by Gasteiger charge is 2.32. The van der Waals surface area contributed by atoms with E-state index in [0.717, 1.165) is 16.8 Å². The highest BCUT2D eigenvalue weighted by molar-refractivity contribution is 7.80. The number of carbonyl (C=O) groups is 1. The van der Waals surface area contributed by atoms with Crippen LogP contribution in [0.15, 0.2) is 59.1 Å². The van der Waals surface area contributed by atoms with Crippen molar-refractivity contribution >= 4 is 29.1 Å². The van der Waals surface area contributed by atoms with Gasteiger partial charge in [-0.1, -0.05) is 35.5 Å². The van der Waals surface area contributed by atoms with E-state index in [2.05, 4.69) is 20.8 Å². The monoisotopic (exact) mass is 409 g/mol. The average Bonchev–Trinajstić information content (AvgIpc) is 3.40. The van der Waals surface area contributed by atoms with E-state index in [1.165, 1.54) is 0 Å². The number of hydrogen-bond donors (Lipinski definition) is 2. The summed E-state index contributed by atoms with van der Waals surface area (Å²) < 4.78 is 10.8. The highest BCUT2D eigenvalue weighted by atomic mass is 32.1. The minimum atomic E-state index is -0.385. The van der Waals surface area contributed by atoms with Gasteiger partial charge in [0.1, 0.15) is 6.10 Å². The Labute approximate surface area is 172 Å². The van der Waals surface area contributed by atoms with E-state index in [9.17, 15) is 4.79 Å². The first-order chi connectivity index (χ1) is 14.1. The zero-order valence-electron chi connectivity index (χ0n) is 15.7. The van der Waals surface area contributed by atoms with Crippen molar-refractivity contribution in [1.29, 1.82) is 0 Å². The number of benzene rings is 2. The summed E-state index contributed by atoms with van der Waals surface area (Å²) >= 11 is 5.04. The Morgan fingerprint density at radius 1 is 1.17 bits per heavy atom. The normalized spacial score (nSPS) is 15.8. The molecule has 1 amide bonds. The molecule has 2 heterocycles. The Morgan fingerprint density at radius 2 is 1.93 bits per heavy atom. The first kappa shape index (κ1) is 18.9. The van der Waals surface area contributed by atoms with Crippen molar-refractivity contribution in [2.75, 3.05) is 25.0 Å². The zero-order chi connectivity index (χ0) is 20.2. The van der Waals surface area contributed by atoms with Gasteiger partial charge in [0.15, 0.2) is 5.11 Å². The van der Waals surface area contributed by atoms with E-state index in [4.69, 9.17) is 21.5 Å². The molecule has 1 saturated heterocycles. The van der Waals surface area contributed by atoms with Gasteiger partial charge in [-0.05, 0) is 36.5 Å². The third kappa shape index (κ3) is 4.19. The minimum Gasteiger partial charge on any atom is -0.442 e. The number of rotatable bonds is 5. The number of cyclic esters (lactones) is 1. The van der Waals surface area contributed by atoms with Gasteiger partial charge in [-0.25, -0.2) is 4.79 Å². The number of carbonyl (C=O) groups excluding carboxylic acids is 1. The Kier molecular flexibility index (Phi) is 5.39. The molecule has 1 aliphatic heterocycles. The number of aromatic nitrogens is 2. The van der Waals surface area contributed by atoms with Crippen LogP contribution in [0.5, 0.6) is 0 Å².